The van der Waals surface area contributed by atoms with Crippen LogP contribution in [0.5, 0.6) is 0 Å². The summed E-state index contributed by atoms with van der Waals surface area (Å²) in [6, 6.07) is 64.3. The molecule has 0 aliphatic rings. The van der Waals surface area contributed by atoms with E-state index in [1.54, 1.807) is 0 Å². The van der Waals surface area contributed by atoms with Crippen LogP contribution in [0.1, 0.15) is 0 Å². The Balaban J connectivity index is 1.19. The molecule has 0 fully saturated rings. The summed E-state index contributed by atoms with van der Waals surface area (Å²) in [5, 5.41) is 7.07. The molecule has 54 heavy (non-hydrogen) atoms. The summed E-state index contributed by atoms with van der Waals surface area (Å²) >= 11 is 1.85. The second kappa shape index (κ2) is 12.3. The topological polar surface area (TPSA) is 43.6 Å². The SMILES string of the molecule is c1ccc(-c2nc(-c3cc(-c4cccc5c4sc4ccccc45)cc4ccccc34)nc(-c3cccc4c3c3ccccc3n4-c3ccccc3)n2)cc1. The van der Waals surface area contributed by atoms with Crippen molar-refractivity contribution in [2.24, 2.45) is 0 Å². The van der Waals surface area contributed by atoms with E-state index in [-0.39, 0.29) is 0 Å². The van der Waals surface area contributed by atoms with E-state index in [0.29, 0.717) is 17.5 Å². The molecule has 0 aliphatic carbocycles. The van der Waals surface area contributed by atoms with Crippen LogP contribution in [0, 0.1) is 0 Å². The van der Waals surface area contributed by atoms with Gasteiger partial charge in [-0.1, -0.05) is 140 Å². The minimum atomic E-state index is 0.639. The Kier molecular flexibility index (Phi) is 7.00. The predicted molar refractivity (Wildman–Crippen MR) is 226 cm³/mol. The third kappa shape index (κ3) is 4.86. The number of para-hydroxylation sites is 2. The Morgan fingerprint density at radius 2 is 1.00 bits per heavy atom. The van der Waals surface area contributed by atoms with Crippen LogP contribution < -0.4 is 0 Å². The first-order valence-corrected chi connectivity index (χ1v) is 18.9. The standard InChI is InChI=1S/C49H30N4S/c1-3-15-31(16-4-1)47-50-48(40-25-14-27-43-45(40)39-22-9-11-26-42(39)53(43)34-18-5-2-6-19-34)52-49(51-47)41-30-33(29-32-17-7-8-20-35(32)41)36-23-13-24-38-37-21-10-12-28-44(37)54-46(36)38/h1-30H. The largest absolute Gasteiger partial charge is 0.309 e. The van der Waals surface area contributed by atoms with Crippen molar-refractivity contribution in [1.29, 1.82) is 0 Å². The van der Waals surface area contributed by atoms with E-state index >= 15 is 0 Å². The molecule has 3 aromatic heterocycles. The second-order valence-corrected chi connectivity index (χ2v) is 14.6. The minimum Gasteiger partial charge on any atom is -0.309 e. The zero-order valence-corrected chi connectivity index (χ0v) is 29.8. The number of benzene rings is 8. The van der Waals surface area contributed by atoms with Gasteiger partial charge in [0.2, 0.25) is 0 Å². The molecule has 11 aromatic rings. The van der Waals surface area contributed by atoms with E-state index in [0.717, 1.165) is 60.5 Å². The van der Waals surface area contributed by atoms with Gasteiger partial charge >= 0.3 is 0 Å². The lowest BCUT2D eigenvalue weighted by atomic mass is 9.95. The molecule has 0 N–H and O–H groups in total. The fourth-order valence-electron chi connectivity index (χ4n) is 8.02. The van der Waals surface area contributed by atoms with E-state index < -0.39 is 0 Å². The van der Waals surface area contributed by atoms with E-state index in [4.69, 9.17) is 15.0 Å². The van der Waals surface area contributed by atoms with Crippen LogP contribution in [0.4, 0.5) is 0 Å². The van der Waals surface area contributed by atoms with Gasteiger partial charge in [0.1, 0.15) is 0 Å². The van der Waals surface area contributed by atoms with Crippen LogP contribution >= 0.6 is 11.3 Å². The molecule has 0 atom stereocenters. The second-order valence-electron chi connectivity index (χ2n) is 13.6. The lowest BCUT2D eigenvalue weighted by molar-refractivity contribution is 1.08. The molecule has 0 saturated carbocycles. The average Bonchev–Trinajstić information content (AvgIpc) is 3.80. The third-order valence-electron chi connectivity index (χ3n) is 10.4. The van der Waals surface area contributed by atoms with Crippen molar-refractivity contribution in [3.8, 4) is 51.0 Å². The lowest BCUT2D eigenvalue weighted by Crippen LogP contribution is -2.01. The van der Waals surface area contributed by atoms with Crippen molar-refractivity contribution in [2.75, 3.05) is 0 Å². The lowest BCUT2D eigenvalue weighted by Gasteiger charge is -2.13. The minimum absolute atomic E-state index is 0.639. The van der Waals surface area contributed by atoms with Gasteiger partial charge in [0.25, 0.3) is 0 Å². The van der Waals surface area contributed by atoms with Crippen molar-refractivity contribution >= 4 is 64.1 Å². The van der Waals surface area contributed by atoms with Crippen LogP contribution in [0.2, 0.25) is 0 Å². The molecule has 3 heterocycles. The smallest absolute Gasteiger partial charge is 0.164 e. The zero-order valence-electron chi connectivity index (χ0n) is 29.0. The fraction of sp³-hybridized carbons (Fsp3) is 0. The number of hydrogen-bond donors (Lipinski definition) is 0. The van der Waals surface area contributed by atoms with Crippen LogP contribution in [0.25, 0.3) is 104 Å². The molecule has 11 rings (SSSR count). The molecule has 0 amide bonds. The Bertz CT molecular complexity index is 3220. The third-order valence-corrected chi connectivity index (χ3v) is 11.7. The van der Waals surface area contributed by atoms with Crippen molar-refractivity contribution in [2.45, 2.75) is 0 Å². The van der Waals surface area contributed by atoms with Crippen molar-refractivity contribution in [1.82, 2.24) is 19.5 Å². The summed E-state index contributed by atoms with van der Waals surface area (Å²) in [5.74, 6) is 1.92. The van der Waals surface area contributed by atoms with E-state index in [9.17, 15) is 0 Å². The van der Waals surface area contributed by atoms with E-state index in [2.05, 4.69) is 168 Å². The zero-order chi connectivity index (χ0) is 35.6. The molecule has 0 aliphatic heterocycles. The molecular formula is C49H30N4S. The molecule has 252 valence electrons. The van der Waals surface area contributed by atoms with Gasteiger partial charge in [-0.15, -0.1) is 11.3 Å². The summed E-state index contributed by atoms with van der Waals surface area (Å²) in [6.07, 6.45) is 0. The molecule has 8 aromatic carbocycles. The summed E-state index contributed by atoms with van der Waals surface area (Å²) in [6.45, 7) is 0. The Morgan fingerprint density at radius 3 is 1.85 bits per heavy atom. The number of hydrogen-bond acceptors (Lipinski definition) is 4. The molecule has 0 radical (unpaired) electrons. The molecule has 4 nitrogen and oxygen atoms in total. The van der Waals surface area contributed by atoms with Crippen LogP contribution in [-0.4, -0.2) is 19.5 Å². The Hall–Kier alpha value is -6.95. The van der Waals surface area contributed by atoms with E-state index in [1.165, 1.54) is 25.7 Å². The highest BCUT2D eigenvalue weighted by atomic mass is 32.1. The summed E-state index contributed by atoms with van der Waals surface area (Å²) in [7, 11) is 0. The Labute approximate surface area is 315 Å². The quantitative estimate of drug-likeness (QED) is 0.179. The van der Waals surface area contributed by atoms with Gasteiger partial charge in [0.15, 0.2) is 17.5 Å². The van der Waals surface area contributed by atoms with Gasteiger partial charge in [-0.05, 0) is 64.4 Å². The summed E-state index contributed by atoms with van der Waals surface area (Å²) in [4.78, 5) is 15.9. The Morgan fingerprint density at radius 1 is 0.389 bits per heavy atom. The highest BCUT2D eigenvalue weighted by Gasteiger charge is 2.21. The van der Waals surface area contributed by atoms with Gasteiger partial charge in [-0.2, -0.15) is 0 Å². The highest BCUT2D eigenvalue weighted by molar-refractivity contribution is 7.26. The first-order valence-electron chi connectivity index (χ1n) is 18.1. The van der Waals surface area contributed by atoms with E-state index in [1.807, 2.05) is 29.5 Å². The summed E-state index contributed by atoms with van der Waals surface area (Å²) in [5.41, 5.74) is 8.57. The van der Waals surface area contributed by atoms with Crippen molar-refractivity contribution < 1.29 is 0 Å². The predicted octanol–water partition coefficient (Wildman–Crippen LogP) is 13.2. The van der Waals surface area contributed by atoms with Crippen LogP contribution in [0.15, 0.2) is 182 Å². The highest BCUT2D eigenvalue weighted by Crippen LogP contribution is 2.43. The first kappa shape index (κ1) is 30.7. The average molecular weight is 707 g/mol. The maximum Gasteiger partial charge on any atom is 0.164 e. The fourth-order valence-corrected chi connectivity index (χ4v) is 9.26. The molecule has 0 saturated heterocycles. The molecule has 0 spiro atoms. The van der Waals surface area contributed by atoms with Crippen LogP contribution in [0.3, 0.4) is 0 Å². The van der Waals surface area contributed by atoms with Crippen molar-refractivity contribution in [3.63, 3.8) is 0 Å². The molecule has 0 bridgehead atoms. The molecular weight excluding hydrogens is 677 g/mol. The number of fused-ring (bicyclic) bond motifs is 7. The van der Waals surface area contributed by atoms with Gasteiger partial charge < -0.3 is 4.57 Å². The maximum absolute atomic E-state index is 5.39. The van der Waals surface area contributed by atoms with Gasteiger partial charge in [-0.3, -0.25) is 0 Å². The number of rotatable bonds is 5. The number of nitrogens with zero attached hydrogens (tertiary/aromatic N) is 4. The molecule has 5 heteroatoms. The van der Waals surface area contributed by atoms with Crippen LogP contribution in [-0.2, 0) is 0 Å². The van der Waals surface area contributed by atoms with Crippen molar-refractivity contribution in [3.05, 3.63) is 182 Å². The first-order chi connectivity index (χ1) is 26.8. The van der Waals surface area contributed by atoms with Gasteiger partial charge in [-0.25, -0.2) is 15.0 Å². The normalized spacial score (nSPS) is 11.7. The number of aromatic nitrogens is 4. The van der Waals surface area contributed by atoms with Gasteiger partial charge in [0, 0.05) is 53.3 Å². The molecule has 0 unspecified atom stereocenters. The number of thiophene rings is 1. The van der Waals surface area contributed by atoms with Gasteiger partial charge in [0.05, 0.1) is 11.0 Å². The maximum atomic E-state index is 5.39. The monoisotopic (exact) mass is 706 g/mol. The summed E-state index contributed by atoms with van der Waals surface area (Å²) < 4.78 is 4.90.